The van der Waals surface area contributed by atoms with Crippen LogP contribution in [-0.4, -0.2) is 25.2 Å². The van der Waals surface area contributed by atoms with Crippen LogP contribution in [0.4, 0.5) is 0 Å². The first-order valence-electron chi connectivity index (χ1n) is 7.32. The third kappa shape index (κ3) is 5.67. The third-order valence-corrected chi connectivity index (χ3v) is 3.43. The van der Waals surface area contributed by atoms with Crippen LogP contribution in [0.2, 0.25) is 0 Å². The molecule has 0 aliphatic rings. The molecule has 1 N–H and O–H groups in total. The normalized spacial score (nSPS) is 12.0. The van der Waals surface area contributed by atoms with Crippen molar-refractivity contribution in [2.45, 2.75) is 46.8 Å². The van der Waals surface area contributed by atoms with Crippen LogP contribution < -0.4 is 10.1 Å². The first kappa shape index (κ1) is 18.0. The number of hydrogen-bond acceptors (Lipinski definition) is 4. The second-order valence-corrected chi connectivity index (χ2v) is 5.82. The Bertz CT molecular complexity index is 477. The summed E-state index contributed by atoms with van der Waals surface area (Å²) in [7, 11) is 0. The van der Waals surface area contributed by atoms with E-state index in [1.807, 2.05) is 19.1 Å². The van der Waals surface area contributed by atoms with Gasteiger partial charge in [0.2, 0.25) is 0 Å². The Morgan fingerprint density at radius 2 is 2.10 bits per heavy atom. The maximum Gasteiger partial charge on any atom is 0.347 e. The van der Waals surface area contributed by atoms with Crippen molar-refractivity contribution in [3.63, 3.8) is 0 Å². The Kier molecular flexibility index (Phi) is 7.75. The van der Waals surface area contributed by atoms with Gasteiger partial charge in [0, 0.05) is 16.6 Å². The minimum atomic E-state index is -0.616. The monoisotopic (exact) mass is 357 g/mol. The van der Waals surface area contributed by atoms with Gasteiger partial charge in [-0.15, -0.1) is 0 Å². The molecular formula is C16H24BrNO3. The van der Waals surface area contributed by atoms with Gasteiger partial charge >= 0.3 is 5.97 Å². The molecule has 5 heteroatoms. The highest BCUT2D eigenvalue weighted by Gasteiger charge is 2.19. The van der Waals surface area contributed by atoms with E-state index in [0.717, 1.165) is 34.3 Å². The number of benzene rings is 1. The molecule has 0 bridgehead atoms. The van der Waals surface area contributed by atoms with Gasteiger partial charge in [-0.3, -0.25) is 0 Å². The van der Waals surface area contributed by atoms with Gasteiger partial charge in [0.05, 0.1) is 6.61 Å². The maximum atomic E-state index is 11.7. The zero-order valence-corrected chi connectivity index (χ0v) is 14.7. The zero-order valence-electron chi connectivity index (χ0n) is 13.2. The van der Waals surface area contributed by atoms with Crippen molar-refractivity contribution in [3.05, 3.63) is 27.7 Å². The van der Waals surface area contributed by atoms with E-state index in [1.54, 1.807) is 13.8 Å². The molecule has 1 aromatic carbocycles. The number of nitrogens with one attached hydrogen (secondary N) is 1. The standard InChI is InChI=1S/C16H24BrNO3/c1-5-7-18-10-13-9-14(17)8-11(3)15(13)21-12(4)16(19)20-6-2/h8-9,12,18H,5-7,10H2,1-4H3. The number of esters is 1. The topological polar surface area (TPSA) is 47.6 Å². The number of hydrogen-bond donors (Lipinski definition) is 1. The first-order valence-corrected chi connectivity index (χ1v) is 8.11. The van der Waals surface area contributed by atoms with Gasteiger partial charge in [0.1, 0.15) is 5.75 Å². The van der Waals surface area contributed by atoms with Crippen LogP contribution in [0.1, 0.15) is 38.3 Å². The molecule has 0 aliphatic heterocycles. The van der Waals surface area contributed by atoms with Crippen LogP contribution in [0, 0.1) is 6.92 Å². The predicted octanol–water partition coefficient (Wildman–Crippen LogP) is 3.59. The Labute approximate surface area is 135 Å². The maximum absolute atomic E-state index is 11.7. The number of carbonyl (C=O) groups is 1. The highest BCUT2D eigenvalue weighted by atomic mass is 79.9. The van der Waals surface area contributed by atoms with Crippen LogP contribution in [0.25, 0.3) is 0 Å². The van der Waals surface area contributed by atoms with E-state index in [1.165, 1.54) is 0 Å². The van der Waals surface area contributed by atoms with Gasteiger partial charge in [-0.25, -0.2) is 4.79 Å². The molecule has 0 fully saturated rings. The van der Waals surface area contributed by atoms with Crippen molar-refractivity contribution in [1.29, 1.82) is 0 Å². The van der Waals surface area contributed by atoms with Gasteiger partial charge < -0.3 is 14.8 Å². The molecule has 1 rings (SSSR count). The fourth-order valence-corrected chi connectivity index (χ4v) is 2.60. The Hall–Kier alpha value is -1.07. The molecule has 118 valence electrons. The van der Waals surface area contributed by atoms with E-state index in [-0.39, 0.29) is 5.97 Å². The predicted molar refractivity (Wildman–Crippen MR) is 87.6 cm³/mol. The summed E-state index contributed by atoms with van der Waals surface area (Å²) in [6, 6.07) is 4.00. The molecule has 0 spiro atoms. The number of halogens is 1. The summed E-state index contributed by atoms with van der Waals surface area (Å²) >= 11 is 3.50. The summed E-state index contributed by atoms with van der Waals surface area (Å²) in [5.41, 5.74) is 2.03. The quantitative estimate of drug-likeness (QED) is 0.570. The number of ether oxygens (including phenoxy) is 2. The highest BCUT2D eigenvalue weighted by Crippen LogP contribution is 2.29. The highest BCUT2D eigenvalue weighted by molar-refractivity contribution is 9.10. The Morgan fingerprint density at radius 3 is 2.71 bits per heavy atom. The lowest BCUT2D eigenvalue weighted by molar-refractivity contribution is -0.150. The summed E-state index contributed by atoms with van der Waals surface area (Å²) in [5.74, 6) is 0.412. The SMILES string of the molecule is CCCNCc1cc(Br)cc(C)c1OC(C)C(=O)OCC. The number of aryl methyl sites for hydroxylation is 1. The summed E-state index contributed by atoms with van der Waals surface area (Å²) in [5, 5.41) is 3.36. The molecule has 1 aromatic rings. The molecule has 4 nitrogen and oxygen atoms in total. The molecule has 1 unspecified atom stereocenters. The van der Waals surface area contributed by atoms with Gasteiger partial charge in [-0.1, -0.05) is 22.9 Å². The number of carbonyl (C=O) groups excluding carboxylic acids is 1. The Morgan fingerprint density at radius 1 is 1.38 bits per heavy atom. The Balaban J connectivity index is 2.90. The van der Waals surface area contributed by atoms with Gasteiger partial charge in [-0.05, 0) is 51.4 Å². The van der Waals surface area contributed by atoms with E-state index in [2.05, 4.69) is 28.2 Å². The van der Waals surface area contributed by atoms with E-state index in [9.17, 15) is 4.79 Å². The molecule has 0 heterocycles. The summed E-state index contributed by atoms with van der Waals surface area (Å²) in [6.45, 7) is 9.60. The molecule has 0 aliphatic carbocycles. The fourth-order valence-electron chi connectivity index (χ4n) is 1.98. The molecule has 0 radical (unpaired) electrons. The van der Waals surface area contributed by atoms with E-state index in [0.29, 0.717) is 13.2 Å². The molecule has 0 amide bonds. The lowest BCUT2D eigenvalue weighted by Crippen LogP contribution is -2.27. The van der Waals surface area contributed by atoms with E-state index < -0.39 is 6.10 Å². The smallest absolute Gasteiger partial charge is 0.347 e. The van der Waals surface area contributed by atoms with Crippen LogP contribution in [0.5, 0.6) is 5.75 Å². The van der Waals surface area contributed by atoms with Crippen LogP contribution in [-0.2, 0) is 16.1 Å². The minimum Gasteiger partial charge on any atom is -0.478 e. The van der Waals surface area contributed by atoms with Crippen molar-refractivity contribution in [3.8, 4) is 5.75 Å². The van der Waals surface area contributed by atoms with Crippen LogP contribution in [0.3, 0.4) is 0 Å². The largest absolute Gasteiger partial charge is 0.478 e. The van der Waals surface area contributed by atoms with Gasteiger partial charge in [0.25, 0.3) is 0 Å². The first-order chi connectivity index (χ1) is 9.99. The van der Waals surface area contributed by atoms with Crippen molar-refractivity contribution < 1.29 is 14.3 Å². The van der Waals surface area contributed by atoms with Crippen molar-refractivity contribution in [2.75, 3.05) is 13.2 Å². The van der Waals surface area contributed by atoms with Gasteiger partial charge in [-0.2, -0.15) is 0 Å². The number of rotatable bonds is 8. The third-order valence-electron chi connectivity index (χ3n) is 2.97. The summed E-state index contributed by atoms with van der Waals surface area (Å²) < 4.78 is 11.8. The zero-order chi connectivity index (χ0) is 15.8. The molecule has 0 saturated carbocycles. The molecular weight excluding hydrogens is 334 g/mol. The van der Waals surface area contributed by atoms with E-state index in [4.69, 9.17) is 9.47 Å². The summed E-state index contributed by atoms with van der Waals surface area (Å²) in [6.07, 6.45) is 0.456. The molecule has 0 aromatic heterocycles. The lowest BCUT2D eigenvalue weighted by atomic mass is 10.1. The van der Waals surface area contributed by atoms with Crippen LogP contribution in [0.15, 0.2) is 16.6 Å². The van der Waals surface area contributed by atoms with E-state index >= 15 is 0 Å². The molecule has 1 atom stereocenters. The van der Waals surface area contributed by atoms with Gasteiger partial charge in [0.15, 0.2) is 6.10 Å². The minimum absolute atomic E-state index is 0.340. The summed E-state index contributed by atoms with van der Waals surface area (Å²) in [4.78, 5) is 11.7. The van der Waals surface area contributed by atoms with Crippen molar-refractivity contribution in [2.24, 2.45) is 0 Å². The van der Waals surface area contributed by atoms with Crippen molar-refractivity contribution >= 4 is 21.9 Å². The second kappa shape index (κ2) is 9.05. The van der Waals surface area contributed by atoms with Crippen molar-refractivity contribution in [1.82, 2.24) is 5.32 Å². The van der Waals surface area contributed by atoms with Crippen LogP contribution >= 0.6 is 15.9 Å². The molecule has 0 saturated heterocycles. The second-order valence-electron chi connectivity index (χ2n) is 4.90. The molecule has 21 heavy (non-hydrogen) atoms. The lowest BCUT2D eigenvalue weighted by Gasteiger charge is -2.19. The average molecular weight is 358 g/mol. The average Bonchev–Trinajstić information content (AvgIpc) is 2.42. The fraction of sp³-hybridized carbons (Fsp3) is 0.562.